The first kappa shape index (κ1) is 37.5. The predicted molar refractivity (Wildman–Crippen MR) is 191 cm³/mol. The molecule has 1 amide bonds. The Hall–Kier alpha value is -4.45. The molecule has 10 unspecified atom stereocenters. The fraction of sp³-hybridized carbons (Fsp3) is 0.436. The van der Waals surface area contributed by atoms with E-state index in [0.29, 0.717) is 33.4 Å². The fourth-order valence-electron chi connectivity index (χ4n) is 8.01. The van der Waals surface area contributed by atoms with Gasteiger partial charge in [-0.05, 0) is 67.2 Å². The van der Waals surface area contributed by atoms with Crippen molar-refractivity contribution in [3.05, 3.63) is 86.4 Å². The average Bonchev–Trinajstić information content (AvgIpc) is 3.78. The Balaban J connectivity index is 1.19. The molecule has 3 aromatic carbocycles. The van der Waals surface area contributed by atoms with Crippen LogP contribution in [0.2, 0.25) is 5.02 Å². The molecule has 4 aliphatic heterocycles. The molecular formula is C39H40ClNO14. The molecule has 3 aromatic rings. The van der Waals surface area contributed by atoms with Gasteiger partial charge in [-0.3, -0.25) is 4.79 Å². The molecule has 2 saturated heterocycles. The van der Waals surface area contributed by atoms with E-state index in [9.17, 15) is 35.1 Å². The Morgan fingerprint density at radius 1 is 1.02 bits per heavy atom. The van der Waals surface area contributed by atoms with E-state index < -0.39 is 72.2 Å². The van der Waals surface area contributed by atoms with Crippen molar-refractivity contribution in [3.8, 4) is 23.0 Å². The lowest BCUT2D eigenvalue weighted by Crippen LogP contribution is -2.68. The van der Waals surface area contributed by atoms with Crippen molar-refractivity contribution in [2.45, 2.75) is 87.5 Å². The van der Waals surface area contributed by atoms with Crippen molar-refractivity contribution in [2.75, 3.05) is 20.8 Å². The lowest BCUT2D eigenvalue weighted by Gasteiger charge is -2.48. The number of nitrogens with one attached hydrogen (secondary N) is 1. The van der Waals surface area contributed by atoms with Crippen LogP contribution in [0.3, 0.4) is 0 Å². The van der Waals surface area contributed by atoms with Crippen molar-refractivity contribution in [3.63, 3.8) is 0 Å². The maximum atomic E-state index is 13.4. The quantitative estimate of drug-likeness (QED) is 0.157. The fourth-order valence-corrected chi connectivity index (χ4v) is 8.30. The van der Waals surface area contributed by atoms with Crippen LogP contribution < -0.4 is 19.5 Å². The van der Waals surface area contributed by atoms with Crippen LogP contribution in [-0.4, -0.2) is 100 Å². The molecule has 16 heteroatoms. The van der Waals surface area contributed by atoms with Gasteiger partial charge in [-0.15, -0.1) is 0 Å². The summed E-state index contributed by atoms with van der Waals surface area (Å²) in [6.07, 6.45) is -7.68. The zero-order valence-corrected chi connectivity index (χ0v) is 31.1. The van der Waals surface area contributed by atoms with Gasteiger partial charge in [0.05, 0.1) is 43.6 Å². The largest absolute Gasteiger partial charge is 0.507 e. The van der Waals surface area contributed by atoms with Crippen LogP contribution in [0.15, 0.2) is 42.5 Å². The van der Waals surface area contributed by atoms with Crippen LogP contribution in [0, 0.1) is 13.8 Å². The number of phenolic OH excluding ortho intramolecular Hbond substituents is 1. The summed E-state index contributed by atoms with van der Waals surface area (Å²) in [5, 5.41) is 59.8. The summed E-state index contributed by atoms with van der Waals surface area (Å²) in [6.45, 7) is 4.29. The number of benzene rings is 3. The van der Waals surface area contributed by atoms with Gasteiger partial charge in [-0.25, -0.2) is 4.79 Å². The number of fused-ring (bicyclic) bond motifs is 4. The summed E-state index contributed by atoms with van der Waals surface area (Å²) in [7, 11) is 2.69. The van der Waals surface area contributed by atoms with Crippen LogP contribution in [0.25, 0.3) is 5.57 Å². The highest BCUT2D eigenvalue weighted by Crippen LogP contribution is 2.61. The number of esters is 1. The molecule has 0 spiro atoms. The number of hydrogen-bond acceptors (Lipinski definition) is 14. The van der Waals surface area contributed by atoms with Gasteiger partial charge in [0.15, 0.2) is 35.6 Å². The average molecular weight is 782 g/mol. The number of aromatic hydroxyl groups is 1. The maximum absolute atomic E-state index is 13.4. The third kappa shape index (κ3) is 5.67. The molecule has 2 fully saturated rings. The molecular weight excluding hydrogens is 742 g/mol. The molecule has 15 nitrogen and oxygen atoms in total. The monoisotopic (exact) mass is 781 g/mol. The molecule has 0 radical (unpaired) electrons. The highest BCUT2D eigenvalue weighted by atomic mass is 35.5. The maximum Gasteiger partial charge on any atom is 0.342 e. The topological polar surface area (TPSA) is 215 Å². The number of aliphatic hydroxyl groups is 4. The first-order chi connectivity index (χ1) is 26.1. The highest BCUT2D eigenvalue weighted by Gasteiger charge is 2.63. The summed E-state index contributed by atoms with van der Waals surface area (Å²) in [5.41, 5.74) is -0.791. The molecule has 0 aromatic heterocycles. The van der Waals surface area contributed by atoms with Crippen LogP contribution in [-0.2, 0) is 23.7 Å². The summed E-state index contributed by atoms with van der Waals surface area (Å²) in [5.74, 6) is -2.04. The number of carbonyl (C=O) groups is 2. The predicted octanol–water partition coefficient (Wildman–Crippen LogP) is 2.97. The van der Waals surface area contributed by atoms with Crippen molar-refractivity contribution >= 4 is 29.1 Å². The van der Waals surface area contributed by atoms with Crippen molar-refractivity contribution in [2.24, 2.45) is 0 Å². The Labute approximate surface area is 319 Å². The first-order valence-electron chi connectivity index (χ1n) is 17.6. The van der Waals surface area contributed by atoms with E-state index in [1.165, 1.54) is 27.2 Å². The molecule has 55 heavy (non-hydrogen) atoms. The second kappa shape index (κ2) is 13.3. The summed E-state index contributed by atoms with van der Waals surface area (Å²) in [6, 6.07) is 8.79. The Kier molecular flexibility index (Phi) is 9.09. The van der Waals surface area contributed by atoms with Crippen LogP contribution in [0.1, 0.15) is 75.4 Å². The van der Waals surface area contributed by atoms with E-state index in [4.69, 9.17) is 44.8 Å². The van der Waals surface area contributed by atoms with Crippen LogP contribution in [0.4, 0.5) is 0 Å². The second-order valence-electron chi connectivity index (χ2n) is 14.6. The Bertz CT molecular complexity index is 2140. The van der Waals surface area contributed by atoms with Crippen molar-refractivity contribution in [1.29, 1.82) is 0 Å². The van der Waals surface area contributed by atoms with E-state index in [0.717, 1.165) is 0 Å². The number of amides is 1. The number of epoxide rings is 1. The minimum absolute atomic E-state index is 0.00177. The summed E-state index contributed by atoms with van der Waals surface area (Å²) >= 11 is 6.91. The SMILES string of the molecule is COc1cc2c(Cl)c(c1OC)OC1c3ccc(cc3C3=CCC(O)C31OC1OCC(NC(=O)c3c(C)ccc(C)c3O)C(C)(O)C1O)C1OC1OC(=O)C2O. The molecule has 6 aliphatic rings. The zero-order valence-electron chi connectivity index (χ0n) is 30.4. The Morgan fingerprint density at radius 2 is 1.76 bits per heavy atom. The minimum Gasteiger partial charge on any atom is -0.507 e. The van der Waals surface area contributed by atoms with Crippen molar-refractivity contribution in [1.82, 2.24) is 5.32 Å². The molecule has 6 bridgehead atoms. The van der Waals surface area contributed by atoms with Crippen molar-refractivity contribution < 1.29 is 68.3 Å². The standard InChI is InChI=1S/C39H40ClNO14/c1-15-6-7-16(2)27(43)25(15)34(46)41-23-14-51-37(32(45)38(23,3)48)55-39-21(10-11-24(39)42)19-12-17-8-9-18(19)33(39)52-31-26(40)20(13-22(49-4)30(31)50-5)28(44)35(47)54-36-29(17)53-36/h6-10,12-13,23-24,28-29,32-33,36-37,42-45,48H,11,14H2,1-5H3,(H,41,46). The van der Waals surface area contributed by atoms with Gasteiger partial charge in [0.25, 0.3) is 5.91 Å². The summed E-state index contributed by atoms with van der Waals surface area (Å²) in [4.78, 5) is 26.5. The van der Waals surface area contributed by atoms with Gasteiger partial charge in [-0.1, -0.05) is 41.9 Å². The van der Waals surface area contributed by atoms with Gasteiger partial charge < -0.3 is 64.0 Å². The third-order valence-electron chi connectivity index (χ3n) is 11.3. The van der Waals surface area contributed by atoms with E-state index in [2.05, 4.69) is 5.32 Å². The van der Waals surface area contributed by atoms with E-state index in [-0.39, 0.29) is 52.2 Å². The minimum atomic E-state index is -2.06. The summed E-state index contributed by atoms with van der Waals surface area (Å²) < 4.78 is 41.8. The number of ether oxygens (including phenoxy) is 7. The second-order valence-corrected chi connectivity index (χ2v) is 14.9. The number of phenols is 1. The van der Waals surface area contributed by atoms with Gasteiger partial charge in [-0.2, -0.15) is 0 Å². The molecule has 6 N–H and O–H groups in total. The Morgan fingerprint density at radius 3 is 2.49 bits per heavy atom. The number of aryl methyl sites for hydroxylation is 2. The number of aliphatic hydroxyl groups excluding tert-OH is 3. The number of halogens is 1. The first-order valence-corrected chi connectivity index (χ1v) is 18.0. The molecule has 292 valence electrons. The van der Waals surface area contributed by atoms with Gasteiger partial charge in [0.1, 0.15) is 23.6 Å². The van der Waals surface area contributed by atoms with Crippen LogP contribution in [0.5, 0.6) is 23.0 Å². The van der Waals surface area contributed by atoms with Crippen LogP contribution >= 0.6 is 11.6 Å². The highest BCUT2D eigenvalue weighted by molar-refractivity contribution is 6.33. The molecule has 0 saturated carbocycles. The van der Waals surface area contributed by atoms with Gasteiger partial charge in [0, 0.05) is 11.1 Å². The molecule has 9 rings (SSSR count). The number of methoxy groups -OCH3 is 2. The third-order valence-corrected chi connectivity index (χ3v) is 11.7. The van der Waals surface area contributed by atoms with Gasteiger partial charge in [0.2, 0.25) is 12.0 Å². The smallest absolute Gasteiger partial charge is 0.342 e. The van der Waals surface area contributed by atoms with E-state index >= 15 is 0 Å². The lowest BCUT2D eigenvalue weighted by atomic mass is 9.86. The van der Waals surface area contributed by atoms with E-state index in [1.807, 2.05) is 0 Å². The lowest BCUT2D eigenvalue weighted by molar-refractivity contribution is -0.316. The number of rotatable bonds is 6. The molecule has 4 heterocycles. The normalized spacial score (nSPS) is 33.1. The number of hydrogen-bond donors (Lipinski definition) is 6. The molecule has 10 atom stereocenters. The van der Waals surface area contributed by atoms with Gasteiger partial charge >= 0.3 is 5.97 Å². The zero-order chi connectivity index (χ0) is 39.3. The molecule has 2 aliphatic carbocycles. The van der Waals surface area contributed by atoms with E-state index in [1.54, 1.807) is 50.3 Å². The number of carbonyl (C=O) groups excluding carboxylic acids is 2.